The van der Waals surface area contributed by atoms with Gasteiger partial charge in [-0.3, -0.25) is 5.10 Å². The molecule has 0 bridgehead atoms. The van der Waals surface area contributed by atoms with Gasteiger partial charge in [0.15, 0.2) is 0 Å². The van der Waals surface area contributed by atoms with Crippen LogP contribution in [0.3, 0.4) is 0 Å². The minimum atomic E-state index is -0.259. The molecular weight excluding hydrogens is 348 g/mol. The largest absolute Gasteiger partial charge is 0.496 e. The second kappa shape index (κ2) is 8.77. The van der Waals surface area contributed by atoms with Crippen molar-refractivity contribution >= 4 is 0 Å². The van der Waals surface area contributed by atoms with Crippen molar-refractivity contribution in [2.75, 3.05) is 20.7 Å². The normalized spacial score (nSPS) is 11.1. The minimum absolute atomic E-state index is 0.257. The number of ether oxygens (including phenoxy) is 1. The molecule has 4 nitrogen and oxygen atoms in total. The molecule has 1 heterocycles. The lowest BCUT2D eigenvalue weighted by Crippen LogP contribution is -2.20. The zero-order chi connectivity index (χ0) is 19.2. The molecule has 0 atom stereocenters. The van der Waals surface area contributed by atoms with Crippen LogP contribution in [-0.2, 0) is 13.0 Å². The molecule has 2 aromatic carbocycles. The van der Waals surface area contributed by atoms with E-state index in [0.29, 0.717) is 12.3 Å². The smallest absolute Gasteiger partial charge is 0.123 e. The van der Waals surface area contributed by atoms with Crippen LogP contribution in [-0.4, -0.2) is 35.8 Å². The van der Waals surface area contributed by atoms with Gasteiger partial charge < -0.3 is 9.64 Å². The topological polar surface area (TPSA) is 41.1 Å². The van der Waals surface area contributed by atoms with Gasteiger partial charge in [-0.15, -0.1) is 0 Å². The molecule has 1 aromatic heterocycles. The summed E-state index contributed by atoms with van der Waals surface area (Å²) in [7, 11) is 3.59. The fourth-order valence-electron chi connectivity index (χ4n) is 3.04. The molecule has 0 aliphatic heterocycles. The van der Waals surface area contributed by atoms with E-state index in [4.69, 9.17) is 4.74 Å². The SMILES string of the molecule is COc1ccc(F)cc1CN(C)CCCc1cc(-c2ccc(F)cc2)n[nH]1. The number of benzene rings is 2. The summed E-state index contributed by atoms with van der Waals surface area (Å²) in [6.07, 6.45) is 1.78. The zero-order valence-corrected chi connectivity index (χ0v) is 15.5. The Bertz CT molecular complexity index is 877. The predicted octanol–water partition coefficient (Wildman–Crippen LogP) is 4.43. The van der Waals surface area contributed by atoms with Crippen LogP contribution >= 0.6 is 0 Å². The van der Waals surface area contributed by atoms with Crippen LogP contribution in [0.15, 0.2) is 48.5 Å². The van der Waals surface area contributed by atoms with Gasteiger partial charge >= 0.3 is 0 Å². The van der Waals surface area contributed by atoms with Gasteiger partial charge in [-0.05, 0) is 75.0 Å². The third-order valence-corrected chi connectivity index (χ3v) is 4.44. The standard InChI is InChI=1S/C21H23F2N3O/c1-26(14-16-12-18(23)9-10-21(16)27-2)11-3-4-19-13-20(25-24-19)15-5-7-17(22)8-6-15/h5-10,12-13H,3-4,11,14H2,1-2H3,(H,24,25). The van der Waals surface area contributed by atoms with Crippen LogP contribution in [0, 0.1) is 11.6 Å². The van der Waals surface area contributed by atoms with Crippen molar-refractivity contribution in [1.82, 2.24) is 15.1 Å². The van der Waals surface area contributed by atoms with Gasteiger partial charge in [0.2, 0.25) is 0 Å². The molecule has 3 aromatic rings. The van der Waals surface area contributed by atoms with Crippen molar-refractivity contribution in [2.45, 2.75) is 19.4 Å². The molecule has 0 aliphatic rings. The van der Waals surface area contributed by atoms with Gasteiger partial charge in [-0.1, -0.05) is 0 Å². The Morgan fingerprint density at radius 1 is 1.04 bits per heavy atom. The number of nitrogens with one attached hydrogen (secondary N) is 1. The Balaban J connectivity index is 1.51. The van der Waals surface area contributed by atoms with Gasteiger partial charge in [0.25, 0.3) is 0 Å². The van der Waals surface area contributed by atoms with Crippen molar-refractivity contribution < 1.29 is 13.5 Å². The molecule has 3 rings (SSSR count). The molecule has 0 saturated heterocycles. The molecule has 6 heteroatoms. The van der Waals surface area contributed by atoms with Crippen LogP contribution in [0.25, 0.3) is 11.3 Å². The van der Waals surface area contributed by atoms with Crippen molar-refractivity contribution in [3.05, 3.63) is 71.4 Å². The van der Waals surface area contributed by atoms with Crippen LogP contribution in [0.5, 0.6) is 5.75 Å². The Morgan fingerprint density at radius 2 is 1.78 bits per heavy atom. The molecule has 0 amide bonds. The van der Waals surface area contributed by atoms with Crippen LogP contribution < -0.4 is 4.74 Å². The Labute approximate surface area is 157 Å². The van der Waals surface area contributed by atoms with Gasteiger partial charge in [-0.2, -0.15) is 5.10 Å². The Morgan fingerprint density at radius 3 is 2.52 bits per heavy atom. The number of aromatic nitrogens is 2. The molecule has 0 aliphatic carbocycles. The average molecular weight is 371 g/mol. The lowest BCUT2D eigenvalue weighted by Gasteiger charge is -2.18. The summed E-state index contributed by atoms with van der Waals surface area (Å²) in [5.41, 5.74) is 3.56. The Hall–Kier alpha value is -2.73. The molecule has 27 heavy (non-hydrogen) atoms. The summed E-state index contributed by atoms with van der Waals surface area (Å²) in [6, 6.07) is 12.9. The first-order chi connectivity index (χ1) is 13.0. The second-order valence-corrected chi connectivity index (χ2v) is 6.58. The fraction of sp³-hybridized carbons (Fsp3) is 0.286. The fourth-order valence-corrected chi connectivity index (χ4v) is 3.04. The van der Waals surface area contributed by atoms with Crippen molar-refractivity contribution in [3.63, 3.8) is 0 Å². The van der Waals surface area contributed by atoms with Crippen molar-refractivity contribution in [1.29, 1.82) is 0 Å². The predicted molar refractivity (Wildman–Crippen MR) is 102 cm³/mol. The van der Waals surface area contributed by atoms with E-state index in [0.717, 1.165) is 41.9 Å². The third-order valence-electron chi connectivity index (χ3n) is 4.44. The maximum Gasteiger partial charge on any atom is 0.123 e. The van der Waals surface area contributed by atoms with Gasteiger partial charge in [-0.25, -0.2) is 8.78 Å². The minimum Gasteiger partial charge on any atom is -0.496 e. The highest BCUT2D eigenvalue weighted by atomic mass is 19.1. The van der Waals surface area contributed by atoms with E-state index in [1.807, 2.05) is 13.1 Å². The first kappa shape index (κ1) is 19.0. The molecular formula is C21H23F2N3O. The van der Waals surface area contributed by atoms with E-state index < -0.39 is 0 Å². The van der Waals surface area contributed by atoms with Gasteiger partial charge in [0.1, 0.15) is 17.4 Å². The highest BCUT2D eigenvalue weighted by Gasteiger charge is 2.09. The first-order valence-corrected chi connectivity index (χ1v) is 8.86. The number of aryl methyl sites for hydroxylation is 1. The lowest BCUT2D eigenvalue weighted by atomic mass is 10.1. The van der Waals surface area contributed by atoms with E-state index in [-0.39, 0.29) is 11.6 Å². The highest BCUT2D eigenvalue weighted by molar-refractivity contribution is 5.58. The maximum atomic E-state index is 13.5. The summed E-state index contributed by atoms with van der Waals surface area (Å²) < 4.78 is 31.8. The molecule has 0 unspecified atom stereocenters. The molecule has 0 saturated carbocycles. The lowest BCUT2D eigenvalue weighted by molar-refractivity contribution is 0.312. The van der Waals surface area contributed by atoms with Crippen molar-refractivity contribution in [2.24, 2.45) is 0 Å². The summed E-state index contributed by atoms with van der Waals surface area (Å²) in [6.45, 7) is 1.47. The number of rotatable bonds is 8. The summed E-state index contributed by atoms with van der Waals surface area (Å²) in [5, 5.41) is 7.33. The number of methoxy groups -OCH3 is 1. The third kappa shape index (κ3) is 5.14. The number of nitrogens with zero attached hydrogens (tertiary/aromatic N) is 2. The number of H-pyrrole nitrogens is 1. The van der Waals surface area contributed by atoms with E-state index in [1.54, 1.807) is 25.3 Å². The first-order valence-electron chi connectivity index (χ1n) is 8.86. The molecule has 0 spiro atoms. The summed E-state index contributed by atoms with van der Waals surface area (Å²) >= 11 is 0. The zero-order valence-electron chi connectivity index (χ0n) is 15.5. The Kier molecular flexibility index (Phi) is 6.19. The average Bonchev–Trinajstić information content (AvgIpc) is 3.11. The molecule has 0 radical (unpaired) electrons. The second-order valence-electron chi connectivity index (χ2n) is 6.58. The highest BCUT2D eigenvalue weighted by Crippen LogP contribution is 2.21. The number of hydrogen-bond donors (Lipinski definition) is 1. The van der Waals surface area contributed by atoms with E-state index in [2.05, 4.69) is 15.1 Å². The van der Waals surface area contributed by atoms with E-state index in [9.17, 15) is 8.78 Å². The van der Waals surface area contributed by atoms with Crippen LogP contribution in [0.1, 0.15) is 17.7 Å². The molecule has 0 fully saturated rings. The number of hydrogen-bond acceptors (Lipinski definition) is 3. The van der Waals surface area contributed by atoms with E-state index in [1.165, 1.54) is 24.3 Å². The van der Waals surface area contributed by atoms with Crippen LogP contribution in [0.2, 0.25) is 0 Å². The van der Waals surface area contributed by atoms with E-state index >= 15 is 0 Å². The van der Waals surface area contributed by atoms with Gasteiger partial charge in [0, 0.05) is 23.4 Å². The molecule has 1 N–H and O–H groups in total. The number of halogens is 2. The summed E-state index contributed by atoms with van der Waals surface area (Å²) in [4.78, 5) is 2.13. The summed E-state index contributed by atoms with van der Waals surface area (Å²) in [5.74, 6) is 0.179. The number of aromatic amines is 1. The maximum absolute atomic E-state index is 13.5. The van der Waals surface area contributed by atoms with Crippen molar-refractivity contribution in [3.8, 4) is 17.0 Å². The monoisotopic (exact) mass is 371 g/mol. The quantitative estimate of drug-likeness (QED) is 0.637. The van der Waals surface area contributed by atoms with Gasteiger partial charge in [0.05, 0.1) is 12.8 Å². The molecule has 142 valence electrons. The van der Waals surface area contributed by atoms with Crippen LogP contribution in [0.4, 0.5) is 8.78 Å².